The average Bonchev–Trinajstić information content (AvgIpc) is 3.01. The predicted molar refractivity (Wildman–Crippen MR) is 158 cm³/mol. The molecule has 204 valence electrons. The molecule has 1 aliphatic heterocycles. The Bertz CT molecular complexity index is 1410. The summed E-state index contributed by atoms with van der Waals surface area (Å²) in [6.07, 6.45) is 0.311. The van der Waals surface area contributed by atoms with Crippen LogP contribution in [0.3, 0.4) is 0 Å². The van der Waals surface area contributed by atoms with Crippen LogP contribution in [0.2, 0.25) is 0 Å². The van der Waals surface area contributed by atoms with Gasteiger partial charge in [-0.1, -0.05) is 72.8 Å². The molecule has 5 rings (SSSR count). The number of methoxy groups -OCH3 is 1. The number of hydrogen-bond acceptors (Lipinski definition) is 4. The lowest BCUT2D eigenvalue weighted by molar-refractivity contribution is -0.120. The zero-order valence-corrected chi connectivity index (χ0v) is 22.9. The summed E-state index contributed by atoms with van der Waals surface area (Å²) in [7, 11) is 1.62. The number of ether oxygens (including phenoxy) is 1. The predicted octanol–water partition coefficient (Wildman–Crippen LogP) is 5.18. The maximum atomic E-state index is 13.1. The molecule has 40 heavy (non-hydrogen) atoms. The van der Waals surface area contributed by atoms with E-state index in [4.69, 9.17) is 4.74 Å². The average molecular weight is 534 g/mol. The Labute approximate surface area is 236 Å². The first-order chi connectivity index (χ1) is 19.6. The van der Waals surface area contributed by atoms with E-state index in [-0.39, 0.29) is 11.8 Å². The number of hydrogen-bond donors (Lipinski definition) is 1. The lowest BCUT2D eigenvalue weighted by atomic mass is 10.0. The molecular weight excluding hydrogens is 498 g/mol. The van der Waals surface area contributed by atoms with E-state index in [1.165, 1.54) is 16.7 Å². The van der Waals surface area contributed by atoms with Crippen LogP contribution in [0.15, 0.2) is 103 Å². The van der Waals surface area contributed by atoms with Crippen molar-refractivity contribution in [3.05, 3.63) is 125 Å². The monoisotopic (exact) mass is 533 g/mol. The zero-order chi connectivity index (χ0) is 27.7. The lowest BCUT2D eigenvalue weighted by Crippen LogP contribution is -2.48. The SMILES string of the molecule is COc1ccc(CC(=O)NCc2ccc(C(=O)N3CCN(Cc4cccc(-c5ccccc5)c4)CC3)cc2)cc1. The van der Waals surface area contributed by atoms with Gasteiger partial charge < -0.3 is 15.0 Å². The van der Waals surface area contributed by atoms with Crippen LogP contribution in [-0.4, -0.2) is 54.9 Å². The summed E-state index contributed by atoms with van der Waals surface area (Å²) in [6, 6.07) is 34.2. The number of benzene rings is 4. The van der Waals surface area contributed by atoms with E-state index in [1.54, 1.807) is 7.11 Å². The normalized spacial score (nSPS) is 13.6. The first-order valence-electron chi connectivity index (χ1n) is 13.7. The summed E-state index contributed by atoms with van der Waals surface area (Å²) in [5.41, 5.74) is 6.31. The van der Waals surface area contributed by atoms with Crippen LogP contribution in [0.4, 0.5) is 0 Å². The number of nitrogens with zero attached hydrogens (tertiary/aromatic N) is 2. The standard InChI is InChI=1S/C34H35N3O3/c1-40-32-16-12-26(13-17-32)23-33(38)35-24-27-10-14-30(15-11-27)34(39)37-20-18-36(19-21-37)25-28-6-5-9-31(22-28)29-7-3-2-4-8-29/h2-17,22H,18-21,23-25H2,1H3,(H,35,38). The van der Waals surface area contributed by atoms with Crippen LogP contribution in [0, 0.1) is 0 Å². The molecule has 1 aliphatic rings. The maximum absolute atomic E-state index is 13.1. The van der Waals surface area contributed by atoms with E-state index in [0.29, 0.717) is 31.6 Å². The van der Waals surface area contributed by atoms with Gasteiger partial charge in [-0.15, -0.1) is 0 Å². The van der Waals surface area contributed by atoms with E-state index < -0.39 is 0 Å². The number of piperazine rings is 1. The fraction of sp³-hybridized carbons (Fsp3) is 0.235. The first kappa shape index (κ1) is 27.2. The number of amides is 2. The molecule has 1 heterocycles. The molecule has 1 saturated heterocycles. The second kappa shape index (κ2) is 13.1. The van der Waals surface area contributed by atoms with Gasteiger partial charge in [0.05, 0.1) is 13.5 Å². The summed E-state index contributed by atoms with van der Waals surface area (Å²) in [4.78, 5) is 29.8. The minimum Gasteiger partial charge on any atom is -0.497 e. The molecule has 1 fully saturated rings. The molecular formula is C34H35N3O3. The molecule has 0 unspecified atom stereocenters. The van der Waals surface area contributed by atoms with Gasteiger partial charge in [-0.05, 0) is 58.1 Å². The molecule has 0 bridgehead atoms. The third kappa shape index (κ3) is 7.16. The minimum atomic E-state index is -0.0463. The third-order valence-corrected chi connectivity index (χ3v) is 7.31. The molecule has 0 aromatic heterocycles. The van der Waals surface area contributed by atoms with Crippen LogP contribution < -0.4 is 10.1 Å². The van der Waals surface area contributed by atoms with Crippen molar-refractivity contribution >= 4 is 11.8 Å². The van der Waals surface area contributed by atoms with Gasteiger partial charge in [-0.2, -0.15) is 0 Å². The third-order valence-electron chi connectivity index (χ3n) is 7.31. The highest BCUT2D eigenvalue weighted by atomic mass is 16.5. The Kier molecular flexibility index (Phi) is 8.89. The summed E-state index contributed by atoms with van der Waals surface area (Å²) in [6.45, 7) is 4.41. The summed E-state index contributed by atoms with van der Waals surface area (Å²) >= 11 is 0. The van der Waals surface area contributed by atoms with Gasteiger partial charge in [0.25, 0.3) is 5.91 Å². The highest BCUT2D eigenvalue weighted by Gasteiger charge is 2.22. The van der Waals surface area contributed by atoms with Crippen LogP contribution in [-0.2, 0) is 24.3 Å². The van der Waals surface area contributed by atoms with Crippen molar-refractivity contribution in [1.29, 1.82) is 0 Å². The molecule has 2 amide bonds. The molecule has 0 aliphatic carbocycles. The van der Waals surface area contributed by atoms with Gasteiger partial charge in [0, 0.05) is 44.8 Å². The van der Waals surface area contributed by atoms with Crippen LogP contribution in [0.25, 0.3) is 11.1 Å². The summed E-state index contributed by atoms with van der Waals surface area (Å²) < 4.78 is 5.16. The van der Waals surface area contributed by atoms with Gasteiger partial charge >= 0.3 is 0 Å². The van der Waals surface area contributed by atoms with Crippen molar-refractivity contribution in [1.82, 2.24) is 15.1 Å². The topological polar surface area (TPSA) is 61.9 Å². The number of nitrogens with one attached hydrogen (secondary N) is 1. The van der Waals surface area contributed by atoms with E-state index in [9.17, 15) is 9.59 Å². The van der Waals surface area contributed by atoms with Crippen molar-refractivity contribution in [2.24, 2.45) is 0 Å². The zero-order valence-electron chi connectivity index (χ0n) is 22.9. The van der Waals surface area contributed by atoms with Crippen LogP contribution in [0.5, 0.6) is 5.75 Å². The summed E-state index contributed by atoms with van der Waals surface area (Å²) in [5.74, 6) is 0.779. The van der Waals surface area contributed by atoms with Gasteiger partial charge in [0.15, 0.2) is 0 Å². The second-order valence-electron chi connectivity index (χ2n) is 10.1. The number of carbonyl (C=O) groups is 2. The molecule has 6 heteroatoms. The van der Waals surface area contributed by atoms with Gasteiger partial charge in [-0.3, -0.25) is 14.5 Å². The molecule has 6 nitrogen and oxygen atoms in total. The highest BCUT2D eigenvalue weighted by molar-refractivity contribution is 5.94. The van der Waals surface area contributed by atoms with E-state index >= 15 is 0 Å². The Morgan fingerprint density at radius 3 is 2.10 bits per heavy atom. The molecule has 0 atom stereocenters. The largest absolute Gasteiger partial charge is 0.497 e. The van der Waals surface area contributed by atoms with Crippen molar-refractivity contribution in [2.45, 2.75) is 19.5 Å². The molecule has 4 aromatic rings. The van der Waals surface area contributed by atoms with Crippen LogP contribution in [0.1, 0.15) is 27.0 Å². The van der Waals surface area contributed by atoms with Crippen LogP contribution >= 0.6 is 0 Å². The second-order valence-corrected chi connectivity index (χ2v) is 10.1. The molecule has 1 N–H and O–H groups in total. The van der Waals surface area contributed by atoms with Gasteiger partial charge in [-0.25, -0.2) is 0 Å². The van der Waals surface area contributed by atoms with Crippen molar-refractivity contribution in [3.8, 4) is 16.9 Å². The molecule has 0 saturated carbocycles. The van der Waals surface area contributed by atoms with E-state index in [0.717, 1.165) is 36.5 Å². The molecule has 4 aromatic carbocycles. The summed E-state index contributed by atoms with van der Waals surface area (Å²) in [5, 5.41) is 2.95. The van der Waals surface area contributed by atoms with Crippen molar-refractivity contribution in [3.63, 3.8) is 0 Å². The van der Waals surface area contributed by atoms with Gasteiger partial charge in [0.1, 0.15) is 5.75 Å². The molecule has 0 spiro atoms. The Morgan fingerprint density at radius 2 is 1.40 bits per heavy atom. The van der Waals surface area contributed by atoms with E-state index in [1.807, 2.05) is 59.5 Å². The van der Waals surface area contributed by atoms with Gasteiger partial charge in [0.2, 0.25) is 5.91 Å². The van der Waals surface area contributed by atoms with Crippen molar-refractivity contribution < 1.29 is 14.3 Å². The fourth-order valence-electron chi connectivity index (χ4n) is 4.99. The quantitative estimate of drug-likeness (QED) is 0.322. The Morgan fingerprint density at radius 1 is 0.725 bits per heavy atom. The minimum absolute atomic E-state index is 0.0463. The molecule has 0 radical (unpaired) electrons. The fourth-order valence-corrected chi connectivity index (χ4v) is 4.99. The Hall–Kier alpha value is -4.42. The lowest BCUT2D eigenvalue weighted by Gasteiger charge is -2.35. The number of carbonyl (C=O) groups excluding carboxylic acids is 2. The smallest absolute Gasteiger partial charge is 0.253 e. The number of rotatable bonds is 9. The highest BCUT2D eigenvalue weighted by Crippen LogP contribution is 2.21. The maximum Gasteiger partial charge on any atom is 0.253 e. The Balaban J connectivity index is 1.07. The van der Waals surface area contributed by atoms with Crippen molar-refractivity contribution in [2.75, 3.05) is 33.3 Å². The first-order valence-corrected chi connectivity index (χ1v) is 13.7. The van der Waals surface area contributed by atoms with E-state index in [2.05, 4.69) is 58.7 Å².